The van der Waals surface area contributed by atoms with Crippen molar-refractivity contribution in [2.24, 2.45) is 5.92 Å². The number of Topliss-reactive ketones (excluding diaryl/α,β-unsaturated/α-hetero) is 2. The molecule has 0 aliphatic carbocycles. The molecule has 3 nitrogen and oxygen atoms in total. The fourth-order valence-corrected chi connectivity index (χ4v) is 3.91. The highest BCUT2D eigenvalue weighted by molar-refractivity contribution is 6.10. The van der Waals surface area contributed by atoms with E-state index in [0.29, 0.717) is 5.56 Å². The van der Waals surface area contributed by atoms with E-state index in [1.165, 1.54) is 12.0 Å². The lowest BCUT2D eigenvalue weighted by atomic mass is 9.82. The van der Waals surface area contributed by atoms with Crippen LogP contribution in [0.5, 0.6) is 0 Å². The van der Waals surface area contributed by atoms with Crippen molar-refractivity contribution < 1.29 is 9.59 Å². The second kappa shape index (κ2) is 8.41. The standard InChI is InChI=1S/C23H27NO2/c1-17-11-13-19(14-12-17)22(24-15-7-4-8-16-24)21(18(2)25)23(26)20-9-5-3-6-10-20/h3,5-6,9-14,21-22H,4,7-8,15-16H2,1-2H3. The molecule has 1 heterocycles. The van der Waals surface area contributed by atoms with E-state index in [1.807, 2.05) is 18.2 Å². The van der Waals surface area contributed by atoms with Crippen LogP contribution in [0.25, 0.3) is 0 Å². The SMILES string of the molecule is CC(=O)C(C(=O)c1ccccc1)C(c1ccc(C)cc1)N1CCCCC1. The molecule has 0 aromatic heterocycles. The van der Waals surface area contributed by atoms with Crippen molar-refractivity contribution in [2.75, 3.05) is 13.1 Å². The second-order valence-corrected chi connectivity index (χ2v) is 7.27. The molecule has 1 aliphatic heterocycles. The van der Waals surface area contributed by atoms with Gasteiger partial charge in [-0.3, -0.25) is 14.5 Å². The molecule has 2 atom stereocenters. The number of ketones is 2. The first-order valence-electron chi connectivity index (χ1n) is 9.48. The summed E-state index contributed by atoms with van der Waals surface area (Å²) in [5.74, 6) is -0.803. The van der Waals surface area contributed by atoms with E-state index in [9.17, 15) is 9.59 Å². The zero-order valence-corrected chi connectivity index (χ0v) is 15.7. The first-order valence-corrected chi connectivity index (χ1v) is 9.48. The molecule has 0 N–H and O–H groups in total. The van der Waals surface area contributed by atoms with Crippen LogP contribution in [0, 0.1) is 12.8 Å². The molecule has 2 aromatic rings. The Bertz CT molecular complexity index is 746. The van der Waals surface area contributed by atoms with Crippen molar-refractivity contribution in [3.63, 3.8) is 0 Å². The van der Waals surface area contributed by atoms with Gasteiger partial charge in [0.05, 0.1) is 6.04 Å². The number of hydrogen-bond donors (Lipinski definition) is 0. The third kappa shape index (κ3) is 4.10. The molecule has 2 aromatic carbocycles. The van der Waals surface area contributed by atoms with Gasteiger partial charge in [-0.2, -0.15) is 0 Å². The maximum absolute atomic E-state index is 13.3. The van der Waals surface area contributed by atoms with Crippen LogP contribution in [0.3, 0.4) is 0 Å². The van der Waals surface area contributed by atoms with Gasteiger partial charge in [0.25, 0.3) is 0 Å². The van der Waals surface area contributed by atoms with Crippen molar-refractivity contribution >= 4 is 11.6 Å². The maximum atomic E-state index is 13.3. The smallest absolute Gasteiger partial charge is 0.175 e. The van der Waals surface area contributed by atoms with Crippen LogP contribution < -0.4 is 0 Å². The average molecular weight is 349 g/mol. The highest BCUT2D eigenvalue weighted by Crippen LogP contribution is 2.34. The lowest BCUT2D eigenvalue weighted by Crippen LogP contribution is -2.42. The second-order valence-electron chi connectivity index (χ2n) is 7.27. The highest BCUT2D eigenvalue weighted by Gasteiger charge is 2.38. The van der Waals surface area contributed by atoms with E-state index < -0.39 is 5.92 Å². The summed E-state index contributed by atoms with van der Waals surface area (Å²) in [5.41, 5.74) is 2.85. The van der Waals surface area contributed by atoms with Gasteiger partial charge in [-0.15, -0.1) is 0 Å². The van der Waals surface area contributed by atoms with E-state index in [1.54, 1.807) is 19.1 Å². The van der Waals surface area contributed by atoms with Gasteiger partial charge in [-0.05, 0) is 45.3 Å². The number of benzene rings is 2. The minimum Gasteiger partial charge on any atom is -0.299 e. The Balaban J connectivity index is 2.02. The molecule has 0 spiro atoms. The monoisotopic (exact) mass is 349 g/mol. The van der Waals surface area contributed by atoms with Gasteiger partial charge in [0.15, 0.2) is 5.78 Å². The lowest BCUT2D eigenvalue weighted by molar-refractivity contribution is -0.121. The number of carbonyl (C=O) groups excluding carboxylic acids is 2. The van der Waals surface area contributed by atoms with Crippen LogP contribution in [-0.4, -0.2) is 29.6 Å². The predicted molar refractivity (Wildman–Crippen MR) is 104 cm³/mol. The van der Waals surface area contributed by atoms with Gasteiger partial charge in [0, 0.05) is 5.56 Å². The van der Waals surface area contributed by atoms with E-state index >= 15 is 0 Å². The summed E-state index contributed by atoms with van der Waals surface area (Å²) >= 11 is 0. The fourth-order valence-electron chi connectivity index (χ4n) is 3.91. The van der Waals surface area contributed by atoms with Crippen LogP contribution >= 0.6 is 0 Å². The highest BCUT2D eigenvalue weighted by atomic mass is 16.1. The van der Waals surface area contributed by atoms with Gasteiger partial charge >= 0.3 is 0 Å². The van der Waals surface area contributed by atoms with Gasteiger partial charge < -0.3 is 0 Å². The van der Waals surface area contributed by atoms with Crippen LogP contribution in [-0.2, 0) is 4.79 Å². The van der Waals surface area contributed by atoms with E-state index in [-0.39, 0.29) is 17.6 Å². The summed E-state index contributed by atoms with van der Waals surface area (Å²) in [5, 5.41) is 0. The first-order chi connectivity index (χ1) is 12.6. The van der Waals surface area contributed by atoms with Gasteiger partial charge in [-0.25, -0.2) is 0 Å². The maximum Gasteiger partial charge on any atom is 0.175 e. The topological polar surface area (TPSA) is 37.4 Å². The largest absolute Gasteiger partial charge is 0.299 e. The Morgan fingerprint density at radius 3 is 2.08 bits per heavy atom. The minimum atomic E-state index is -0.668. The molecule has 1 saturated heterocycles. The summed E-state index contributed by atoms with van der Waals surface area (Å²) in [6.45, 7) is 5.47. The Hall–Kier alpha value is -2.26. The van der Waals surface area contributed by atoms with E-state index in [4.69, 9.17) is 0 Å². The summed E-state index contributed by atoms with van der Waals surface area (Å²) in [7, 11) is 0. The van der Waals surface area contributed by atoms with Crippen LogP contribution in [0.1, 0.15) is 53.7 Å². The number of piperidine rings is 1. The van der Waals surface area contributed by atoms with Crippen LogP contribution in [0.2, 0.25) is 0 Å². The molecular formula is C23H27NO2. The molecule has 0 bridgehead atoms. The molecule has 1 fully saturated rings. The summed E-state index contributed by atoms with van der Waals surface area (Å²) < 4.78 is 0. The lowest BCUT2D eigenvalue weighted by Gasteiger charge is -2.38. The van der Waals surface area contributed by atoms with Crippen LogP contribution in [0.4, 0.5) is 0 Å². The molecule has 3 rings (SSSR count). The minimum absolute atomic E-state index is 0.0602. The Labute approximate surface area is 156 Å². The number of hydrogen-bond acceptors (Lipinski definition) is 3. The Kier molecular flexibility index (Phi) is 6.00. The predicted octanol–water partition coefficient (Wildman–Crippen LogP) is 4.61. The first kappa shape index (κ1) is 18.5. The zero-order chi connectivity index (χ0) is 18.5. The molecule has 0 amide bonds. The molecule has 2 unspecified atom stereocenters. The zero-order valence-electron chi connectivity index (χ0n) is 15.7. The van der Waals surface area contributed by atoms with Crippen molar-refractivity contribution in [1.29, 1.82) is 0 Å². The average Bonchev–Trinajstić information content (AvgIpc) is 2.67. The summed E-state index contributed by atoms with van der Waals surface area (Å²) in [6.07, 6.45) is 3.45. The van der Waals surface area contributed by atoms with Crippen molar-refractivity contribution in [3.8, 4) is 0 Å². The van der Waals surface area contributed by atoms with Gasteiger partial charge in [0.1, 0.15) is 11.7 Å². The van der Waals surface area contributed by atoms with E-state index in [0.717, 1.165) is 31.5 Å². The molecule has 0 saturated carbocycles. The molecule has 0 radical (unpaired) electrons. The normalized spacial score (nSPS) is 17.5. The summed E-state index contributed by atoms with van der Waals surface area (Å²) in [4.78, 5) is 28.2. The number of rotatable bonds is 6. The number of carbonyl (C=O) groups is 2. The summed E-state index contributed by atoms with van der Waals surface area (Å²) in [6, 6.07) is 17.3. The molecule has 1 aliphatic rings. The molecular weight excluding hydrogens is 322 g/mol. The quantitative estimate of drug-likeness (QED) is 0.564. The molecule has 26 heavy (non-hydrogen) atoms. The Morgan fingerprint density at radius 1 is 0.885 bits per heavy atom. The third-order valence-electron chi connectivity index (χ3n) is 5.30. The van der Waals surface area contributed by atoms with Crippen molar-refractivity contribution in [1.82, 2.24) is 4.90 Å². The van der Waals surface area contributed by atoms with E-state index in [2.05, 4.69) is 36.1 Å². The van der Waals surface area contributed by atoms with Gasteiger partial charge in [0.2, 0.25) is 0 Å². The van der Waals surface area contributed by atoms with Crippen molar-refractivity contribution in [2.45, 2.75) is 39.2 Å². The molecule has 3 heteroatoms. The Morgan fingerprint density at radius 2 is 1.50 bits per heavy atom. The van der Waals surface area contributed by atoms with Crippen molar-refractivity contribution in [3.05, 3.63) is 71.3 Å². The number of aryl methyl sites for hydroxylation is 1. The van der Waals surface area contributed by atoms with Crippen LogP contribution in [0.15, 0.2) is 54.6 Å². The molecule has 136 valence electrons. The number of likely N-dealkylation sites (tertiary alicyclic amines) is 1. The number of nitrogens with zero attached hydrogens (tertiary/aromatic N) is 1. The fraction of sp³-hybridized carbons (Fsp3) is 0.391. The van der Waals surface area contributed by atoms with Gasteiger partial charge in [-0.1, -0.05) is 66.6 Å². The third-order valence-corrected chi connectivity index (χ3v) is 5.30.